The van der Waals surface area contributed by atoms with Gasteiger partial charge in [-0.3, -0.25) is 0 Å². The summed E-state index contributed by atoms with van der Waals surface area (Å²) in [5.41, 5.74) is 3.40. The van der Waals surface area contributed by atoms with Crippen LogP contribution in [0.2, 0.25) is 38.3 Å². The van der Waals surface area contributed by atoms with Crippen LogP contribution in [-0.4, -0.2) is 41.1 Å². The topological polar surface area (TPSA) is 57.2 Å². The van der Waals surface area contributed by atoms with Gasteiger partial charge in [0, 0.05) is 5.56 Å². The first-order valence-corrected chi connectivity index (χ1v) is 20.0. The Labute approximate surface area is 227 Å². The maximum Gasteiger partial charge on any atom is 0.173 e. The zero-order chi connectivity index (χ0) is 27.6. The van der Waals surface area contributed by atoms with Crippen LogP contribution in [0.25, 0.3) is 0 Å². The highest BCUT2D eigenvalue weighted by Crippen LogP contribution is 2.31. The van der Waals surface area contributed by atoms with Crippen molar-refractivity contribution in [2.75, 3.05) is 7.11 Å². The number of methoxy groups -OCH3 is 1. The molecule has 7 heteroatoms. The number of ether oxygens (including phenoxy) is 3. The average molecular weight is 547 g/mol. The number of hydrogen-bond acceptors (Lipinski definition) is 5. The predicted molar refractivity (Wildman–Crippen MR) is 159 cm³/mol. The van der Waals surface area contributed by atoms with Gasteiger partial charge in [0.1, 0.15) is 5.75 Å². The van der Waals surface area contributed by atoms with Crippen molar-refractivity contribution in [3.63, 3.8) is 0 Å². The molecular weight excluding hydrogens is 496 g/mol. The maximum absolute atomic E-state index is 9.75. The smallest absolute Gasteiger partial charge is 0.173 e. The molecule has 2 aromatic carbocycles. The minimum Gasteiger partial charge on any atom is -0.493 e. The fourth-order valence-electron chi connectivity index (χ4n) is 4.79. The van der Waals surface area contributed by atoms with Crippen LogP contribution in [0.1, 0.15) is 57.2 Å². The highest BCUT2D eigenvalue weighted by Gasteiger charge is 2.32. The molecule has 208 valence electrons. The highest BCUT2D eigenvalue weighted by atomic mass is 28.4. The Balaban J connectivity index is 1.84. The number of rotatable bonds is 16. The molecular formula is C30H50O5Si2. The molecule has 0 amide bonds. The molecule has 0 aliphatic carbocycles. The quantitative estimate of drug-likeness (QED) is 0.218. The summed E-state index contributed by atoms with van der Waals surface area (Å²) >= 11 is 0. The van der Waals surface area contributed by atoms with Crippen molar-refractivity contribution in [3.05, 3.63) is 53.1 Å². The van der Waals surface area contributed by atoms with Crippen LogP contribution in [-0.2, 0) is 23.6 Å². The van der Waals surface area contributed by atoms with Crippen LogP contribution in [0, 0.1) is 0 Å². The standard InChI is InChI=1S/C30H50O5Si2/c1-23(2)33-28-16-14-25(20-27(28)22-31)12-10-18-36(6,7)35-37(8,9)19-11-13-26-15-17-29(34-24(3)4)30(21-26)32-5/h14-17,20-21,23-24,31H,10-13,18-19,22H2,1-9H3. The number of aliphatic hydroxyl groups is 1. The van der Waals surface area contributed by atoms with E-state index in [9.17, 15) is 5.11 Å². The minimum atomic E-state index is -1.76. The second kappa shape index (κ2) is 14.4. The van der Waals surface area contributed by atoms with Gasteiger partial charge in [-0.1, -0.05) is 12.1 Å². The largest absolute Gasteiger partial charge is 0.493 e. The molecule has 0 bridgehead atoms. The lowest BCUT2D eigenvalue weighted by Gasteiger charge is -2.34. The average Bonchev–Trinajstić information content (AvgIpc) is 2.79. The van der Waals surface area contributed by atoms with Gasteiger partial charge in [0.15, 0.2) is 28.1 Å². The molecule has 0 fully saturated rings. The van der Waals surface area contributed by atoms with Gasteiger partial charge in [0.25, 0.3) is 0 Å². The van der Waals surface area contributed by atoms with Crippen molar-refractivity contribution < 1.29 is 23.4 Å². The van der Waals surface area contributed by atoms with Crippen molar-refractivity contribution in [2.24, 2.45) is 0 Å². The van der Waals surface area contributed by atoms with E-state index in [-0.39, 0.29) is 18.8 Å². The lowest BCUT2D eigenvalue weighted by molar-refractivity contribution is 0.225. The van der Waals surface area contributed by atoms with Crippen LogP contribution < -0.4 is 14.2 Å². The first kappa shape index (κ1) is 31.4. The van der Waals surface area contributed by atoms with E-state index in [0.717, 1.165) is 60.6 Å². The van der Waals surface area contributed by atoms with Gasteiger partial charge >= 0.3 is 0 Å². The predicted octanol–water partition coefficient (Wildman–Crippen LogP) is 7.75. The molecule has 0 aliphatic rings. The molecule has 37 heavy (non-hydrogen) atoms. The molecule has 0 unspecified atom stereocenters. The second-order valence-corrected chi connectivity index (χ2v) is 20.6. The van der Waals surface area contributed by atoms with Gasteiger partial charge in [-0.2, -0.15) is 0 Å². The molecule has 1 N–H and O–H groups in total. The monoisotopic (exact) mass is 546 g/mol. The zero-order valence-electron chi connectivity index (χ0n) is 24.6. The Morgan fingerprint density at radius 1 is 0.703 bits per heavy atom. The summed E-state index contributed by atoms with van der Waals surface area (Å²) in [5.74, 6) is 2.39. The van der Waals surface area contributed by atoms with Gasteiger partial charge in [-0.25, -0.2) is 0 Å². The van der Waals surface area contributed by atoms with Crippen LogP contribution in [0.5, 0.6) is 17.2 Å². The van der Waals surface area contributed by atoms with Crippen LogP contribution in [0.15, 0.2) is 36.4 Å². The first-order valence-electron chi connectivity index (χ1n) is 13.8. The zero-order valence-corrected chi connectivity index (χ0v) is 26.6. The molecule has 0 atom stereocenters. The van der Waals surface area contributed by atoms with Gasteiger partial charge < -0.3 is 23.4 Å². The van der Waals surface area contributed by atoms with Crippen molar-refractivity contribution in [3.8, 4) is 17.2 Å². The van der Waals surface area contributed by atoms with E-state index in [0.29, 0.717) is 0 Å². The Morgan fingerprint density at radius 3 is 1.68 bits per heavy atom. The number of benzene rings is 2. The van der Waals surface area contributed by atoms with E-state index in [1.807, 2.05) is 39.8 Å². The molecule has 5 nitrogen and oxygen atoms in total. The Morgan fingerprint density at radius 2 is 1.19 bits per heavy atom. The van der Waals surface area contributed by atoms with Crippen molar-refractivity contribution in [2.45, 2.75) is 110 Å². The summed E-state index contributed by atoms with van der Waals surface area (Å²) in [4.78, 5) is 0. The Kier molecular flexibility index (Phi) is 12.2. The highest BCUT2D eigenvalue weighted by molar-refractivity contribution is 6.84. The molecule has 0 spiro atoms. The summed E-state index contributed by atoms with van der Waals surface area (Å²) < 4.78 is 24.1. The van der Waals surface area contributed by atoms with E-state index in [2.05, 4.69) is 50.5 Å². The maximum atomic E-state index is 9.75. The normalized spacial score (nSPS) is 12.3. The lowest BCUT2D eigenvalue weighted by atomic mass is 10.1. The van der Waals surface area contributed by atoms with E-state index < -0.39 is 16.6 Å². The lowest BCUT2D eigenvalue weighted by Crippen LogP contribution is -2.44. The minimum absolute atomic E-state index is 0.00167. The second-order valence-electron chi connectivity index (χ2n) is 11.7. The fourth-order valence-corrected chi connectivity index (χ4v) is 13.6. The molecule has 0 saturated carbocycles. The van der Waals surface area contributed by atoms with Crippen molar-refractivity contribution >= 4 is 16.6 Å². The van der Waals surface area contributed by atoms with Crippen molar-refractivity contribution in [1.29, 1.82) is 0 Å². The number of hydrogen-bond donors (Lipinski definition) is 1. The fraction of sp³-hybridized carbons (Fsp3) is 0.600. The summed E-state index contributed by atoms with van der Waals surface area (Å²) in [5, 5.41) is 9.75. The van der Waals surface area contributed by atoms with Gasteiger partial charge in [0.2, 0.25) is 0 Å². The summed E-state index contributed by atoms with van der Waals surface area (Å²) in [7, 11) is -1.82. The van der Waals surface area contributed by atoms with Gasteiger partial charge in [0.05, 0.1) is 25.9 Å². The van der Waals surface area contributed by atoms with Crippen LogP contribution in [0.3, 0.4) is 0 Å². The van der Waals surface area contributed by atoms with E-state index in [1.54, 1.807) is 7.11 Å². The molecule has 0 heterocycles. The summed E-state index contributed by atoms with van der Waals surface area (Å²) in [6.07, 6.45) is 4.45. The van der Waals surface area contributed by atoms with Gasteiger partial charge in [-0.05, 0) is 127 Å². The first-order chi connectivity index (χ1) is 17.3. The SMILES string of the molecule is COc1cc(CCC[Si](C)(C)O[Si](C)(C)CCCc2ccc(OC(C)C)c(CO)c2)ccc1OC(C)C. The third-order valence-corrected chi connectivity index (χ3v) is 13.8. The van der Waals surface area contributed by atoms with E-state index >= 15 is 0 Å². The summed E-state index contributed by atoms with van der Waals surface area (Å²) in [6, 6.07) is 14.8. The summed E-state index contributed by atoms with van der Waals surface area (Å²) in [6.45, 7) is 17.5. The molecule has 0 radical (unpaired) electrons. The van der Waals surface area contributed by atoms with E-state index in [1.165, 1.54) is 11.1 Å². The van der Waals surface area contributed by atoms with Crippen LogP contribution >= 0.6 is 0 Å². The Hall–Kier alpha value is -1.81. The number of aryl methyl sites for hydroxylation is 2. The molecule has 0 aliphatic heterocycles. The molecule has 0 saturated heterocycles. The molecule has 0 aromatic heterocycles. The van der Waals surface area contributed by atoms with E-state index in [4.69, 9.17) is 18.3 Å². The van der Waals surface area contributed by atoms with Crippen LogP contribution in [0.4, 0.5) is 0 Å². The van der Waals surface area contributed by atoms with Gasteiger partial charge in [-0.15, -0.1) is 0 Å². The van der Waals surface area contributed by atoms with Crippen molar-refractivity contribution in [1.82, 2.24) is 0 Å². The molecule has 2 rings (SSSR count). The Bertz CT molecular complexity index is 895. The third kappa shape index (κ3) is 11.2. The molecule has 2 aromatic rings. The third-order valence-electron chi connectivity index (χ3n) is 6.29. The number of aliphatic hydroxyl groups excluding tert-OH is 1.